The van der Waals surface area contributed by atoms with Crippen LogP contribution >= 0.6 is 11.3 Å². The standard InChI is InChI=1S/C11H13N3OS/c12-11(3-1-4-11)10-13-9(15-14-10)6-8-2-5-16-7-8/h2,5,7H,1,3-4,6,12H2. The van der Waals surface area contributed by atoms with Gasteiger partial charge in [0.05, 0.1) is 12.0 Å². The van der Waals surface area contributed by atoms with Gasteiger partial charge in [-0.2, -0.15) is 16.3 Å². The van der Waals surface area contributed by atoms with E-state index in [1.54, 1.807) is 11.3 Å². The summed E-state index contributed by atoms with van der Waals surface area (Å²) in [5.41, 5.74) is 7.01. The van der Waals surface area contributed by atoms with Gasteiger partial charge in [-0.1, -0.05) is 5.16 Å². The molecule has 2 heterocycles. The van der Waals surface area contributed by atoms with Crippen LogP contribution < -0.4 is 5.73 Å². The lowest BCUT2D eigenvalue weighted by molar-refractivity contribution is 0.229. The van der Waals surface area contributed by atoms with E-state index in [1.807, 2.05) is 5.38 Å². The second-order valence-electron chi connectivity index (χ2n) is 4.33. The Kier molecular flexibility index (Phi) is 2.29. The molecule has 0 atom stereocenters. The molecule has 3 rings (SSSR count). The fourth-order valence-corrected chi connectivity index (χ4v) is 2.55. The maximum absolute atomic E-state index is 6.13. The van der Waals surface area contributed by atoms with Crippen molar-refractivity contribution in [3.63, 3.8) is 0 Å². The summed E-state index contributed by atoms with van der Waals surface area (Å²) in [6, 6.07) is 2.07. The molecule has 0 amide bonds. The largest absolute Gasteiger partial charge is 0.339 e. The normalized spacial score (nSPS) is 18.3. The summed E-state index contributed by atoms with van der Waals surface area (Å²) in [6.07, 6.45) is 3.78. The SMILES string of the molecule is NC1(c2noc(Cc3ccsc3)n2)CCC1. The maximum atomic E-state index is 6.13. The van der Waals surface area contributed by atoms with Crippen LogP contribution in [0.5, 0.6) is 0 Å². The first kappa shape index (κ1) is 9.99. The molecule has 0 spiro atoms. The van der Waals surface area contributed by atoms with Gasteiger partial charge in [0.25, 0.3) is 0 Å². The van der Waals surface area contributed by atoms with Crippen LogP contribution in [0.3, 0.4) is 0 Å². The Morgan fingerprint density at radius 1 is 1.50 bits per heavy atom. The number of hydrogen-bond acceptors (Lipinski definition) is 5. The Morgan fingerprint density at radius 2 is 2.38 bits per heavy atom. The Labute approximate surface area is 97.5 Å². The first-order valence-corrected chi connectivity index (χ1v) is 6.34. The van der Waals surface area contributed by atoms with Gasteiger partial charge in [0.2, 0.25) is 5.89 Å². The molecule has 4 nitrogen and oxygen atoms in total. The summed E-state index contributed by atoms with van der Waals surface area (Å²) in [7, 11) is 0. The summed E-state index contributed by atoms with van der Waals surface area (Å²) in [5, 5.41) is 8.12. The predicted molar refractivity (Wildman–Crippen MR) is 61.1 cm³/mol. The highest BCUT2D eigenvalue weighted by molar-refractivity contribution is 7.07. The van der Waals surface area contributed by atoms with E-state index in [0.29, 0.717) is 18.1 Å². The third kappa shape index (κ3) is 1.66. The van der Waals surface area contributed by atoms with Gasteiger partial charge in [-0.15, -0.1) is 0 Å². The Morgan fingerprint density at radius 3 is 3.00 bits per heavy atom. The number of nitrogens with two attached hydrogens (primary N) is 1. The van der Waals surface area contributed by atoms with E-state index in [1.165, 1.54) is 5.56 Å². The van der Waals surface area contributed by atoms with E-state index >= 15 is 0 Å². The highest BCUT2D eigenvalue weighted by Gasteiger charge is 2.38. The van der Waals surface area contributed by atoms with Crippen LogP contribution in [-0.4, -0.2) is 10.1 Å². The molecule has 0 radical (unpaired) electrons. The van der Waals surface area contributed by atoms with Crippen molar-refractivity contribution in [1.29, 1.82) is 0 Å². The van der Waals surface area contributed by atoms with Gasteiger partial charge in [-0.05, 0) is 41.7 Å². The minimum absolute atomic E-state index is 0.323. The molecule has 2 aromatic rings. The molecule has 0 aromatic carbocycles. The minimum atomic E-state index is -0.323. The molecule has 0 bridgehead atoms. The molecule has 1 saturated carbocycles. The molecule has 16 heavy (non-hydrogen) atoms. The Hall–Kier alpha value is -1.20. The van der Waals surface area contributed by atoms with Crippen molar-refractivity contribution in [3.8, 4) is 0 Å². The van der Waals surface area contributed by atoms with E-state index in [4.69, 9.17) is 10.3 Å². The summed E-state index contributed by atoms with van der Waals surface area (Å²) >= 11 is 1.67. The second-order valence-corrected chi connectivity index (χ2v) is 5.11. The second kappa shape index (κ2) is 3.68. The predicted octanol–water partition coefficient (Wildman–Crippen LogP) is 2.06. The summed E-state index contributed by atoms with van der Waals surface area (Å²) in [6.45, 7) is 0. The number of nitrogens with zero attached hydrogens (tertiary/aromatic N) is 2. The number of rotatable bonds is 3. The average molecular weight is 235 g/mol. The highest BCUT2D eigenvalue weighted by atomic mass is 32.1. The molecule has 1 fully saturated rings. The lowest BCUT2D eigenvalue weighted by atomic mass is 9.77. The minimum Gasteiger partial charge on any atom is -0.339 e. The van der Waals surface area contributed by atoms with Crippen molar-refractivity contribution in [2.75, 3.05) is 0 Å². The zero-order valence-corrected chi connectivity index (χ0v) is 9.67. The topological polar surface area (TPSA) is 64.9 Å². The fraction of sp³-hybridized carbons (Fsp3) is 0.455. The lowest BCUT2D eigenvalue weighted by Crippen LogP contribution is -2.44. The number of hydrogen-bond donors (Lipinski definition) is 1. The third-order valence-electron chi connectivity index (χ3n) is 3.09. The van der Waals surface area contributed by atoms with Crippen LogP contribution in [0.15, 0.2) is 21.3 Å². The van der Waals surface area contributed by atoms with Crippen molar-refractivity contribution in [3.05, 3.63) is 34.1 Å². The van der Waals surface area contributed by atoms with E-state index < -0.39 is 0 Å². The first-order valence-electron chi connectivity index (χ1n) is 5.39. The van der Waals surface area contributed by atoms with Crippen molar-refractivity contribution in [1.82, 2.24) is 10.1 Å². The summed E-state index contributed by atoms with van der Waals surface area (Å²) in [5.74, 6) is 1.33. The van der Waals surface area contributed by atoms with Gasteiger partial charge >= 0.3 is 0 Å². The molecule has 1 aliphatic carbocycles. The van der Waals surface area contributed by atoms with Crippen molar-refractivity contribution in [2.45, 2.75) is 31.2 Å². The molecular weight excluding hydrogens is 222 g/mol. The number of thiophene rings is 1. The van der Waals surface area contributed by atoms with E-state index in [2.05, 4.69) is 21.6 Å². The van der Waals surface area contributed by atoms with Crippen LogP contribution in [0.1, 0.15) is 36.5 Å². The molecule has 1 aliphatic rings. The summed E-state index contributed by atoms with van der Waals surface area (Å²) in [4.78, 5) is 4.38. The van der Waals surface area contributed by atoms with Crippen molar-refractivity contribution in [2.24, 2.45) is 5.73 Å². The molecule has 0 saturated heterocycles. The number of aromatic nitrogens is 2. The van der Waals surface area contributed by atoms with Gasteiger partial charge in [-0.25, -0.2) is 0 Å². The van der Waals surface area contributed by atoms with Crippen molar-refractivity contribution < 1.29 is 4.52 Å². The van der Waals surface area contributed by atoms with Gasteiger partial charge in [0, 0.05) is 0 Å². The van der Waals surface area contributed by atoms with Crippen LogP contribution in [0.2, 0.25) is 0 Å². The average Bonchev–Trinajstić information content (AvgIpc) is 2.86. The molecule has 0 aliphatic heterocycles. The molecule has 5 heteroatoms. The van der Waals surface area contributed by atoms with Crippen LogP contribution in [0, 0.1) is 0 Å². The first-order chi connectivity index (χ1) is 7.76. The van der Waals surface area contributed by atoms with Gasteiger partial charge in [-0.3, -0.25) is 0 Å². The monoisotopic (exact) mass is 235 g/mol. The zero-order chi connectivity index (χ0) is 11.0. The lowest BCUT2D eigenvalue weighted by Gasteiger charge is -2.34. The zero-order valence-electron chi connectivity index (χ0n) is 8.85. The smallest absolute Gasteiger partial charge is 0.231 e. The van der Waals surface area contributed by atoms with E-state index in [9.17, 15) is 0 Å². The molecule has 2 N–H and O–H groups in total. The highest BCUT2D eigenvalue weighted by Crippen LogP contribution is 2.36. The fourth-order valence-electron chi connectivity index (χ4n) is 1.88. The quantitative estimate of drug-likeness (QED) is 0.884. The van der Waals surface area contributed by atoms with Gasteiger partial charge in [0.15, 0.2) is 5.82 Å². The summed E-state index contributed by atoms with van der Waals surface area (Å²) < 4.78 is 5.22. The molecule has 84 valence electrons. The third-order valence-corrected chi connectivity index (χ3v) is 3.83. The van der Waals surface area contributed by atoms with Gasteiger partial charge in [0.1, 0.15) is 0 Å². The van der Waals surface area contributed by atoms with E-state index in [-0.39, 0.29) is 5.54 Å². The van der Waals surface area contributed by atoms with E-state index in [0.717, 1.165) is 19.3 Å². The van der Waals surface area contributed by atoms with Crippen LogP contribution in [-0.2, 0) is 12.0 Å². The Bertz CT molecular complexity index is 473. The maximum Gasteiger partial charge on any atom is 0.231 e. The van der Waals surface area contributed by atoms with Crippen LogP contribution in [0.4, 0.5) is 0 Å². The van der Waals surface area contributed by atoms with Crippen molar-refractivity contribution >= 4 is 11.3 Å². The van der Waals surface area contributed by atoms with Crippen LogP contribution in [0.25, 0.3) is 0 Å². The molecule has 0 unspecified atom stereocenters. The molecule has 2 aromatic heterocycles. The Balaban J connectivity index is 1.78. The molecular formula is C11H13N3OS. The van der Waals surface area contributed by atoms with Gasteiger partial charge < -0.3 is 10.3 Å².